The molecule has 0 aliphatic rings. The van der Waals surface area contributed by atoms with E-state index < -0.39 is 16.0 Å². The Morgan fingerprint density at radius 3 is 2.47 bits per heavy atom. The van der Waals surface area contributed by atoms with E-state index in [0.29, 0.717) is 5.56 Å². The third-order valence-electron chi connectivity index (χ3n) is 4.43. The van der Waals surface area contributed by atoms with Crippen molar-refractivity contribution in [2.45, 2.75) is 24.7 Å². The van der Waals surface area contributed by atoms with Crippen LogP contribution in [-0.2, 0) is 14.8 Å². The van der Waals surface area contributed by atoms with Gasteiger partial charge in [-0.25, -0.2) is 18.4 Å². The second kappa shape index (κ2) is 10.5. The fraction of sp³-hybridized carbons (Fsp3) is 0.174. The van der Waals surface area contributed by atoms with Crippen LogP contribution in [0.5, 0.6) is 5.88 Å². The summed E-state index contributed by atoms with van der Waals surface area (Å²) in [6.45, 7) is 1.98. The monoisotopic (exact) mass is 453 g/mol. The predicted molar refractivity (Wildman–Crippen MR) is 122 cm³/mol. The molecule has 0 saturated heterocycles. The van der Waals surface area contributed by atoms with Crippen LogP contribution >= 0.6 is 0 Å². The van der Waals surface area contributed by atoms with E-state index in [9.17, 15) is 13.2 Å². The second-order valence-corrected chi connectivity index (χ2v) is 8.63. The van der Waals surface area contributed by atoms with Gasteiger partial charge in [-0.3, -0.25) is 9.52 Å². The molecule has 0 radical (unpaired) electrons. The smallest absolute Gasteiger partial charge is 0.303 e. The van der Waals surface area contributed by atoms with Crippen molar-refractivity contribution in [2.75, 3.05) is 11.3 Å². The number of hydrogen-bond acceptors (Lipinski definition) is 6. The third-order valence-corrected chi connectivity index (χ3v) is 5.78. The number of aliphatic carboxylic acids is 1. The molecular formula is C23H23N3O5S. The lowest BCUT2D eigenvalue weighted by molar-refractivity contribution is -0.137. The van der Waals surface area contributed by atoms with Crippen LogP contribution < -0.4 is 9.46 Å². The summed E-state index contributed by atoms with van der Waals surface area (Å²) in [7, 11) is -3.90. The molecule has 32 heavy (non-hydrogen) atoms. The minimum Gasteiger partial charge on any atom is -0.481 e. The van der Waals surface area contributed by atoms with Crippen molar-refractivity contribution in [3.05, 3.63) is 77.6 Å². The molecule has 166 valence electrons. The minimum atomic E-state index is -3.90. The number of carboxylic acid groups (broad SMARTS) is 1. The van der Waals surface area contributed by atoms with Crippen molar-refractivity contribution in [2.24, 2.45) is 0 Å². The van der Waals surface area contributed by atoms with Crippen molar-refractivity contribution >= 4 is 34.0 Å². The maximum absolute atomic E-state index is 12.9. The Hall–Kier alpha value is -3.72. The van der Waals surface area contributed by atoms with Crippen LogP contribution in [0.1, 0.15) is 29.5 Å². The summed E-state index contributed by atoms with van der Waals surface area (Å²) in [6.07, 6.45) is 4.87. The number of ether oxygens (including phenoxy) is 1. The van der Waals surface area contributed by atoms with Crippen molar-refractivity contribution in [3.8, 4) is 5.88 Å². The molecule has 0 fully saturated rings. The summed E-state index contributed by atoms with van der Waals surface area (Å²) in [4.78, 5) is 19.1. The minimum absolute atomic E-state index is 0.0484. The third kappa shape index (κ3) is 6.39. The van der Waals surface area contributed by atoms with Gasteiger partial charge >= 0.3 is 5.97 Å². The predicted octanol–water partition coefficient (Wildman–Crippen LogP) is 4.00. The van der Waals surface area contributed by atoms with E-state index in [1.165, 1.54) is 18.5 Å². The van der Waals surface area contributed by atoms with E-state index in [1.807, 2.05) is 37.3 Å². The number of aryl methyl sites for hydroxylation is 1. The summed E-state index contributed by atoms with van der Waals surface area (Å²) in [5.41, 5.74) is 2.16. The highest BCUT2D eigenvalue weighted by atomic mass is 32.2. The topological polar surface area (TPSA) is 118 Å². The molecule has 8 nitrogen and oxygen atoms in total. The lowest BCUT2D eigenvalue weighted by Gasteiger charge is -2.13. The largest absolute Gasteiger partial charge is 0.481 e. The molecule has 0 aliphatic heterocycles. The fourth-order valence-corrected chi connectivity index (χ4v) is 3.79. The first kappa shape index (κ1) is 23.0. The Morgan fingerprint density at radius 2 is 1.78 bits per heavy atom. The number of anilines is 1. The first-order valence-electron chi connectivity index (χ1n) is 9.87. The van der Waals surface area contributed by atoms with Crippen molar-refractivity contribution in [1.29, 1.82) is 0 Å². The molecular weight excluding hydrogens is 430 g/mol. The number of hydrogen-bond donors (Lipinski definition) is 2. The normalized spacial score (nSPS) is 11.4. The molecule has 0 saturated carbocycles. The van der Waals surface area contributed by atoms with Gasteiger partial charge in [-0.2, -0.15) is 0 Å². The summed E-state index contributed by atoms with van der Waals surface area (Å²) in [5.74, 6) is -0.716. The fourth-order valence-electron chi connectivity index (χ4n) is 2.77. The number of carbonyl (C=O) groups is 1. The molecule has 1 aromatic heterocycles. The summed E-state index contributed by atoms with van der Waals surface area (Å²) in [5, 5.41) is 8.80. The van der Waals surface area contributed by atoms with Gasteiger partial charge in [-0.15, -0.1) is 0 Å². The molecule has 9 heteroatoms. The van der Waals surface area contributed by atoms with Crippen molar-refractivity contribution in [3.63, 3.8) is 0 Å². The molecule has 2 aromatic carbocycles. The lowest BCUT2D eigenvalue weighted by atomic mass is 10.1. The Bertz CT molecular complexity index is 1190. The van der Waals surface area contributed by atoms with Crippen LogP contribution in [0.4, 0.5) is 5.82 Å². The molecule has 3 rings (SSSR count). The van der Waals surface area contributed by atoms with Gasteiger partial charge < -0.3 is 9.84 Å². The van der Waals surface area contributed by atoms with Crippen LogP contribution in [0, 0.1) is 6.92 Å². The van der Waals surface area contributed by atoms with Gasteiger partial charge in [0.05, 0.1) is 17.1 Å². The van der Waals surface area contributed by atoms with E-state index in [2.05, 4.69) is 14.7 Å². The van der Waals surface area contributed by atoms with Crippen LogP contribution in [0.15, 0.2) is 65.8 Å². The van der Waals surface area contributed by atoms with Crippen LogP contribution in [0.2, 0.25) is 0 Å². The molecule has 0 atom stereocenters. The highest BCUT2D eigenvalue weighted by Crippen LogP contribution is 2.27. The van der Waals surface area contributed by atoms with Crippen molar-refractivity contribution < 1.29 is 23.1 Å². The average Bonchev–Trinajstić information content (AvgIpc) is 2.77. The van der Waals surface area contributed by atoms with Crippen LogP contribution in [-0.4, -0.2) is 36.1 Å². The van der Waals surface area contributed by atoms with Gasteiger partial charge in [-0.1, -0.05) is 54.1 Å². The van der Waals surface area contributed by atoms with Crippen LogP contribution in [0.3, 0.4) is 0 Å². The number of rotatable bonds is 10. The molecule has 3 aromatic rings. The van der Waals surface area contributed by atoms with Gasteiger partial charge in [0.2, 0.25) is 5.88 Å². The first-order chi connectivity index (χ1) is 15.3. The Morgan fingerprint density at radius 1 is 1.06 bits per heavy atom. The molecule has 0 bridgehead atoms. The summed E-state index contributed by atoms with van der Waals surface area (Å²) >= 11 is 0. The first-order valence-corrected chi connectivity index (χ1v) is 11.4. The summed E-state index contributed by atoms with van der Waals surface area (Å²) < 4.78 is 33.9. The zero-order chi connectivity index (χ0) is 23.0. The number of benzene rings is 2. The number of nitrogens with zero attached hydrogens (tertiary/aromatic N) is 2. The van der Waals surface area contributed by atoms with E-state index in [4.69, 9.17) is 9.84 Å². The van der Waals surface area contributed by atoms with E-state index in [1.54, 1.807) is 24.3 Å². The van der Waals surface area contributed by atoms with E-state index in [-0.39, 0.29) is 36.0 Å². The van der Waals surface area contributed by atoms with Crippen molar-refractivity contribution in [1.82, 2.24) is 9.97 Å². The van der Waals surface area contributed by atoms with E-state index >= 15 is 0 Å². The lowest BCUT2D eigenvalue weighted by Crippen LogP contribution is -2.16. The quantitative estimate of drug-likeness (QED) is 0.445. The van der Waals surface area contributed by atoms with E-state index in [0.717, 1.165) is 11.1 Å². The number of sulfonamides is 1. The maximum Gasteiger partial charge on any atom is 0.303 e. The maximum atomic E-state index is 12.9. The standard InChI is InChI=1S/C23H23N3O5S/c1-17-9-12-19(13-10-17)32(29,30)26-22-20(14-11-18-6-3-2-4-7-18)23(25-16-24-22)31-15-5-8-21(27)28/h2-4,6-7,9-14,16H,5,8,15H2,1H3,(H,27,28)(H,24,25,26). The Labute approximate surface area is 186 Å². The number of aromatic nitrogens is 2. The molecule has 2 N–H and O–H groups in total. The second-order valence-electron chi connectivity index (χ2n) is 6.95. The molecule has 1 heterocycles. The number of carboxylic acids is 1. The zero-order valence-electron chi connectivity index (χ0n) is 17.4. The van der Waals surface area contributed by atoms with Gasteiger partial charge in [0.15, 0.2) is 5.82 Å². The average molecular weight is 454 g/mol. The molecule has 0 spiro atoms. The van der Waals surface area contributed by atoms with Gasteiger partial charge in [0.25, 0.3) is 10.0 Å². The Kier molecular flexibility index (Phi) is 7.56. The highest BCUT2D eigenvalue weighted by Gasteiger charge is 2.19. The Balaban J connectivity index is 1.93. The van der Waals surface area contributed by atoms with Crippen LogP contribution in [0.25, 0.3) is 12.2 Å². The molecule has 0 aliphatic carbocycles. The SMILES string of the molecule is Cc1ccc(S(=O)(=O)Nc2ncnc(OCCCC(=O)O)c2C=Cc2ccccc2)cc1. The van der Waals surface area contributed by atoms with Gasteiger partial charge in [-0.05, 0) is 37.1 Å². The summed E-state index contributed by atoms with van der Waals surface area (Å²) in [6, 6.07) is 15.9. The van der Waals surface area contributed by atoms with Gasteiger partial charge in [0, 0.05) is 6.42 Å². The molecule has 0 amide bonds. The zero-order valence-corrected chi connectivity index (χ0v) is 18.2. The van der Waals surface area contributed by atoms with Gasteiger partial charge in [0.1, 0.15) is 6.33 Å². The number of nitrogens with one attached hydrogen (secondary N) is 1. The molecule has 0 unspecified atom stereocenters. The highest BCUT2D eigenvalue weighted by molar-refractivity contribution is 7.92.